The molecule has 0 bridgehead atoms. The van der Waals surface area contributed by atoms with Gasteiger partial charge in [0.1, 0.15) is 25.4 Å². The summed E-state index contributed by atoms with van der Waals surface area (Å²) in [6, 6.07) is 0. The molecular formula is C105H174O16P2. The summed E-state index contributed by atoms with van der Waals surface area (Å²) >= 11 is 0. The fourth-order valence-electron chi connectivity index (χ4n) is 12.8. The average Bonchev–Trinajstić information content (AvgIpc) is 0.898. The number of aliphatic hydroxyl groups excluding tert-OH is 2. The van der Waals surface area contributed by atoms with Gasteiger partial charge in [0.05, 0.1) is 26.4 Å². The molecule has 0 aliphatic heterocycles. The van der Waals surface area contributed by atoms with Crippen LogP contribution in [0.15, 0.2) is 207 Å². The SMILES string of the molecule is CC/C=C\C/C=C\C/C=C\C/C=C\C/C=C\C/C=C\CCCCCCCCCCCCCCCCCCC(=O)OCC(O)COP(=O)(O)OCC(O)COP(=O)(O)OCC(COC(=O)CCCCCCCCCC/C=C\C/C=C\C/C=C\C/C=C\C/C=C\C/C=C\CC)OC(=O)CCCCCCCCCCC/C=C\C/C=C\C/C=C\C/C=C\C/C=C\CC. The van der Waals surface area contributed by atoms with E-state index in [0.29, 0.717) is 19.3 Å². The van der Waals surface area contributed by atoms with Crippen LogP contribution in [-0.4, -0.2) is 95.9 Å². The number of aliphatic hydroxyl groups is 2. The topological polar surface area (TPSA) is 231 Å². The van der Waals surface area contributed by atoms with E-state index in [4.69, 9.17) is 32.3 Å². The van der Waals surface area contributed by atoms with Gasteiger partial charge < -0.3 is 34.2 Å². The molecule has 16 nitrogen and oxygen atoms in total. The van der Waals surface area contributed by atoms with Gasteiger partial charge in [-0.2, -0.15) is 0 Å². The Morgan fingerprint density at radius 2 is 0.407 bits per heavy atom. The van der Waals surface area contributed by atoms with Crippen molar-refractivity contribution in [1.29, 1.82) is 0 Å². The van der Waals surface area contributed by atoms with Crippen LogP contribution in [-0.2, 0) is 55.8 Å². The highest BCUT2D eigenvalue weighted by molar-refractivity contribution is 7.47. The number of ether oxygens (including phenoxy) is 3. The van der Waals surface area contributed by atoms with E-state index in [1.807, 2.05) is 0 Å². The first-order valence-corrected chi connectivity index (χ1v) is 51.4. The van der Waals surface area contributed by atoms with E-state index in [0.717, 1.165) is 212 Å². The number of phosphoric ester groups is 2. The third kappa shape index (κ3) is 96.6. The lowest BCUT2D eigenvalue weighted by Gasteiger charge is -2.21. The number of phosphoric acid groups is 2. The van der Waals surface area contributed by atoms with Crippen LogP contribution in [0.2, 0.25) is 0 Å². The Balaban J connectivity index is 4.61. The van der Waals surface area contributed by atoms with E-state index in [1.54, 1.807) is 0 Å². The summed E-state index contributed by atoms with van der Waals surface area (Å²) in [5, 5.41) is 20.8. The lowest BCUT2D eigenvalue weighted by Crippen LogP contribution is -2.30. The lowest BCUT2D eigenvalue weighted by atomic mass is 10.0. The minimum absolute atomic E-state index is 0.0882. The highest BCUT2D eigenvalue weighted by Gasteiger charge is 2.30. The summed E-state index contributed by atoms with van der Waals surface area (Å²) in [7, 11) is -9.83. The van der Waals surface area contributed by atoms with E-state index in [1.165, 1.54) is 109 Å². The molecule has 0 aliphatic carbocycles. The molecule has 0 radical (unpaired) electrons. The van der Waals surface area contributed by atoms with Crippen molar-refractivity contribution in [1.82, 2.24) is 0 Å². The number of hydrogen-bond donors (Lipinski definition) is 4. The van der Waals surface area contributed by atoms with Crippen molar-refractivity contribution < 1.29 is 75.8 Å². The standard InChI is InChI=1S/C105H174O16P2/c1-4-7-10-13-16-19-22-25-28-31-34-37-40-43-45-46-47-48-49-50-51-52-54-57-58-61-64-67-70-73-76-79-82-85-88-91-103(108)115-94-100(106)95-117-122(111,112)118-96-101(107)97-119-123(113,114)120-99-102(121-105(110)93-90-87-84-81-78-75-72-69-66-63-60-55-42-39-36-33-30-27-24-21-18-15-12-9-6-3)98-116-104(109)92-89-86-83-80-77-74-71-68-65-62-59-56-53-44-41-38-35-32-29-26-23-20-17-14-11-8-5-2/h7-12,16-21,25-30,34-39,43-45,47-48,53,55,59-60,62,100-102,106-107H,4-6,13-15,22-24,31-33,40-42,46,49-52,54,56-58,61,63-99H2,1-3H3,(H,111,112)(H,113,114)/b10-7-,11-8-,12-9-,19-16-,20-17-,21-18-,28-25-,29-26-,30-27-,37-34-,38-35-,39-36-,45-43-,48-47-,53-44-,60-55-,62-59-. The number of carbonyl (C=O) groups is 3. The second-order valence-electron chi connectivity index (χ2n) is 31.7. The Morgan fingerprint density at radius 3 is 0.642 bits per heavy atom. The van der Waals surface area contributed by atoms with Crippen LogP contribution in [0.25, 0.3) is 0 Å². The predicted molar refractivity (Wildman–Crippen MR) is 518 cm³/mol. The smallest absolute Gasteiger partial charge is 0.463 e. The van der Waals surface area contributed by atoms with Gasteiger partial charge in [0.2, 0.25) is 0 Å². The molecule has 18 heteroatoms. The second kappa shape index (κ2) is 95.2. The monoisotopic (exact) mass is 1750 g/mol. The Bertz CT molecular complexity index is 3070. The first-order chi connectivity index (χ1) is 60.2. The van der Waals surface area contributed by atoms with Crippen molar-refractivity contribution in [3.63, 3.8) is 0 Å². The Labute approximate surface area is 750 Å². The Kier molecular flexibility index (Phi) is 90.7. The van der Waals surface area contributed by atoms with E-state index in [9.17, 15) is 43.5 Å². The van der Waals surface area contributed by atoms with Crippen molar-refractivity contribution in [2.75, 3.05) is 39.6 Å². The van der Waals surface area contributed by atoms with Crippen molar-refractivity contribution in [3.8, 4) is 0 Å². The van der Waals surface area contributed by atoms with Crippen LogP contribution in [0.5, 0.6) is 0 Å². The van der Waals surface area contributed by atoms with Crippen molar-refractivity contribution in [2.45, 2.75) is 399 Å². The second-order valence-corrected chi connectivity index (χ2v) is 34.6. The maximum absolute atomic E-state index is 13.1. The first kappa shape index (κ1) is 117. The number of hydrogen-bond acceptors (Lipinski definition) is 14. The molecule has 0 aromatic rings. The zero-order valence-corrected chi connectivity index (χ0v) is 79.1. The lowest BCUT2D eigenvalue weighted by molar-refractivity contribution is -0.161. The van der Waals surface area contributed by atoms with Crippen molar-refractivity contribution in [3.05, 3.63) is 207 Å². The molecule has 0 aliphatic rings. The van der Waals surface area contributed by atoms with E-state index < -0.39 is 91.5 Å². The van der Waals surface area contributed by atoms with Crippen LogP contribution in [0.4, 0.5) is 0 Å². The van der Waals surface area contributed by atoms with Gasteiger partial charge in [0.25, 0.3) is 0 Å². The van der Waals surface area contributed by atoms with Crippen LogP contribution in [0, 0.1) is 0 Å². The van der Waals surface area contributed by atoms with Gasteiger partial charge in [-0.15, -0.1) is 0 Å². The van der Waals surface area contributed by atoms with Gasteiger partial charge in [-0.1, -0.05) is 401 Å². The highest BCUT2D eigenvalue weighted by Crippen LogP contribution is 2.45. The fourth-order valence-corrected chi connectivity index (χ4v) is 14.4. The summed E-state index contributed by atoms with van der Waals surface area (Å²) in [5.41, 5.74) is 0. The molecule has 0 aromatic heterocycles. The third-order valence-electron chi connectivity index (χ3n) is 20.0. The molecule has 4 N–H and O–H groups in total. The molecule has 5 unspecified atom stereocenters. The summed E-state index contributed by atoms with van der Waals surface area (Å²) < 4.78 is 61.6. The minimum Gasteiger partial charge on any atom is -0.463 e. The minimum atomic E-state index is -4.95. The molecular weight excluding hydrogens is 1580 g/mol. The quantitative estimate of drug-likeness (QED) is 0.0146. The maximum Gasteiger partial charge on any atom is 0.472 e. The number of esters is 3. The number of carbonyl (C=O) groups excluding carboxylic acids is 3. The van der Waals surface area contributed by atoms with Gasteiger partial charge in [0.15, 0.2) is 6.10 Å². The first-order valence-electron chi connectivity index (χ1n) is 48.4. The number of rotatable bonds is 90. The molecule has 123 heavy (non-hydrogen) atoms. The van der Waals surface area contributed by atoms with Crippen molar-refractivity contribution >= 4 is 33.6 Å². The molecule has 0 spiro atoms. The molecule has 0 amide bonds. The summed E-state index contributed by atoms with van der Waals surface area (Å²) in [6.45, 7) is 2.36. The summed E-state index contributed by atoms with van der Waals surface area (Å²) in [5.74, 6) is -1.59. The number of unbranched alkanes of at least 4 members (excludes halogenated alkanes) is 33. The van der Waals surface area contributed by atoms with Gasteiger partial charge in [-0.3, -0.25) is 32.5 Å². The van der Waals surface area contributed by atoms with E-state index in [2.05, 4.69) is 227 Å². The van der Waals surface area contributed by atoms with Crippen LogP contribution < -0.4 is 0 Å². The summed E-state index contributed by atoms with van der Waals surface area (Å²) in [6.07, 6.45) is 129. The predicted octanol–water partition coefficient (Wildman–Crippen LogP) is 30.3. The van der Waals surface area contributed by atoms with Crippen LogP contribution in [0.1, 0.15) is 380 Å². The van der Waals surface area contributed by atoms with Gasteiger partial charge in [-0.25, -0.2) is 9.13 Å². The summed E-state index contributed by atoms with van der Waals surface area (Å²) in [4.78, 5) is 59.1. The molecule has 0 saturated carbocycles. The normalized spacial score (nSPS) is 14.6. The third-order valence-corrected chi connectivity index (χ3v) is 21.9. The molecule has 0 aromatic carbocycles. The Morgan fingerprint density at radius 1 is 0.228 bits per heavy atom. The largest absolute Gasteiger partial charge is 0.472 e. The van der Waals surface area contributed by atoms with E-state index >= 15 is 0 Å². The molecule has 0 rings (SSSR count). The van der Waals surface area contributed by atoms with Crippen LogP contribution in [0.3, 0.4) is 0 Å². The number of allylic oxidation sites excluding steroid dienone is 34. The van der Waals surface area contributed by atoms with Gasteiger partial charge in [0, 0.05) is 19.3 Å². The van der Waals surface area contributed by atoms with Crippen molar-refractivity contribution in [2.24, 2.45) is 0 Å². The molecule has 0 saturated heterocycles. The average molecular weight is 1750 g/mol. The highest BCUT2D eigenvalue weighted by atomic mass is 31.2. The zero-order valence-electron chi connectivity index (χ0n) is 77.3. The maximum atomic E-state index is 13.1. The Hall–Kier alpha value is -5.87. The molecule has 700 valence electrons. The molecule has 0 heterocycles. The van der Waals surface area contributed by atoms with Crippen LogP contribution >= 0.6 is 15.6 Å². The van der Waals surface area contributed by atoms with E-state index in [-0.39, 0.29) is 19.3 Å². The van der Waals surface area contributed by atoms with Gasteiger partial charge in [-0.05, 0) is 167 Å². The zero-order chi connectivity index (χ0) is 89.3. The molecule has 5 atom stereocenters. The fraction of sp³-hybridized carbons (Fsp3) is 0.648. The van der Waals surface area contributed by atoms with Gasteiger partial charge >= 0.3 is 33.6 Å². The molecule has 0 fully saturated rings.